The summed E-state index contributed by atoms with van der Waals surface area (Å²) in [6.07, 6.45) is 1.81. The molecular formula is C15H24N2O3S2. The van der Waals surface area contributed by atoms with E-state index in [0.29, 0.717) is 25.3 Å². The van der Waals surface area contributed by atoms with Crippen LogP contribution in [0.2, 0.25) is 0 Å². The van der Waals surface area contributed by atoms with Gasteiger partial charge < -0.3 is 5.32 Å². The summed E-state index contributed by atoms with van der Waals surface area (Å²) in [6, 6.07) is 9.67. The fourth-order valence-electron chi connectivity index (χ4n) is 1.99. The van der Waals surface area contributed by atoms with Crippen LogP contribution in [0.4, 0.5) is 0 Å². The molecule has 0 saturated heterocycles. The van der Waals surface area contributed by atoms with Crippen molar-refractivity contribution in [1.82, 2.24) is 9.62 Å². The van der Waals surface area contributed by atoms with Crippen molar-refractivity contribution in [2.75, 3.05) is 25.1 Å². The summed E-state index contributed by atoms with van der Waals surface area (Å²) >= 11 is 1.48. The van der Waals surface area contributed by atoms with Crippen molar-refractivity contribution in [3.8, 4) is 0 Å². The lowest BCUT2D eigenvalue weighted by molar-refractivity contribution is -0.118. The Labute approximate surface area is 137 Å². The van der Waals surface area contributed by atoms with Crippen molar-refractivity contribution in [3.05, 3.63) is 30.3 Å². The predicted molar refractivity (Wildman–Crippen MR) is 91.5 cm³/mol. The number of nitrogens with zero attached hydrogens (tertiary/aromatic N) is 1. The average Bonchev–Trinajstić information content (AvgIpc) is 2.44. The fraction of sp³-hybridized carbons (Fsp3) is 0.533. The summed E-state index contributed by atoms with van der Waals surface area (Å²) in [5.41, 5.74) is 0. The largest absolute Gasteiger partial charge is 0.355 e. The Bertz CT molecular complexity index is 559. The van der Waals surface area contributed by atoms with Gasteiger partial charge in [-0.3, -0.25) is 4.79 Å². The van der Waals surface area contributed by atoms with Gasteiger partial charge in [-0.2, -0.15) is 4.31 Å². The number of benzene rings is 1. The minimum absolute atomic E-state index is 0.0377. The highest BCUT2D eigenvalue weighted by atomic mass is 32.2. The average molecular weight is 345 g/mol. The first-order valence-electron chi connectivity index (χ1n) is 7.22. The zero-order valence-corrected chi connectivity index (χ0v) is 14.9. The Morgan fingerprint density at radius 3 is 2.45 bits per heavy atom. The van der Waals surface area contributed by atoms with Gasteiger partial charge in [-0.1, -0.05) is 18.2 Å². The van der Waals surface area contributed by atoms with Gasteiger partial charge in [-0.05, 0) is 32.4 Å². The van der Waals surface area contributed by atoms with Gasteiger partial charge in [-0.15, -0.1) is 11.8 Å². The van der Waals surface area contributed by atoms with Gasteiger partial charge in [0.05, 0.1) is 12.0 Å². The van der Waals surface area contributed by atoms with Crippen LogP contribution >= 0.6 is 11.8 Å². The van der Waals surface area contributed by atoms with Gasteiger partial charge in [0.25, 0.3) is 0 Å². The van der Waals surface area contributed by atoms with E-state index < -0.39 is 10.0 Å². The van der Waals surface area contributed by atoms with Crippen LogP contribution in [0.3, 0.4) is 0 Å². The molecule has 124 valence electrons. The summed E-state index contributed by atoms with van der Waals surface area (Å²) < 4.78 is 24.6. The Balaban J connectivity index is 2.25. The molecule has 7 heteroatoms. The second-order valence-corrected chi connectivity index (χ2v) is 8.26. The maximum absolute atomic E-state index is 11.7. The summed E-state index contributed by atoms with van der Waals surface area (Å²) in [4.78, 5) is 12.8. The van der Waals surface area contributed by atoms with Gasteiger partial charge >= 0.3 is 0 Å². The number of carbonyl (C=O) groups excluding carboxylic acids is 1. The van der Waals surface area contributed by atoms with E-state index in [4.69, 9.17) is 0 Å². The molecule has 22 heavy (non-hydrogen) atoms. The number of thioether (sulfide) groups is 1. The summed E-state index contributed by atoms with van der Waals surface area (Å²) in [5.74, 6) is 0.327. The molecule has 1 aromatic rings. The number of carbonyl (C=O) groups is 1. The normalized spacial score (nSPS) is 11.9. The minimum atomic E-state index is -3.19. The van der Waals surface area contributed by atoms with E-state index in [1.165, 1.54) is 22.3 Å². The van der Waals surface area contributed by atoms with E-state index in [0.717, 1.165) is 4.90 Å². The zero-order chi connectivity index (χ0) is 16.6. The van der Waals surface area contributed by atoms with Crippen molar-refractivity contribution in [1.29, 1.82) is 0 Å². The lowest BCUT2D eigenvalue weighted by Crippen LogP contribution is -2.38. The molecule has 0 heterocycles. The van der Waals surface area contributed by atoms with Crippen molar-refractivity contribution in [2.24, 2.45) is 0 Å². The number of hydrogen-bond donors (Lipinski definition) is 1. The van der Waals surface area contributed by atoms with E-state index >= 15 is 0 Å². The molecule has 1 N–H and O–H groups in total. The van der Waals surface area contributed by atoms with Gasteiger partial charge in [0.2, 0.25) is 15.9 Å². The second-order valence-electron chi connectivity index (χ2n) is 5.27. The summed E-state index contributed by atoms with van der Waals surface area (Å²) in [7, 11) is -3.19. The Morgan fingerprint density at radius 1 is 1.27 bits per heavy atom. The first kappa shape index (κ1) is 19.0. The van der Waals surface area contributed by atoms with Crippen LogP contribution in [-0.4, -0.2) is 49.8 Å². The monoisotopic (exact) mass is 344 g/mol. The summed E-state index contributed by atoms with van der Waals surface area (Å²) in [5, 5.41) is 2.82. The van der Waals surface area contributed by atoms with E-state index in [1.54, 1.807) is 0 Å². The Hall–Kier alpha value is -1.05. The Kier molecular flexibility index (Phi) is 7.92. The van der Waals surface area contributed by atoms with Crippen molar-refractivity contribution in [2.45, 2.75) is 31.2 Å². The van der Waals surface area contributed by atoms with Crippen LogP contribution in [0.25, 0.3) is 0 Å². The highest BCUT2D eigenvalue weighted by Gasteiger charge is 2.19. The molecule has 0 aromatic heterocycles. The zero-order valence-electron chi connectivity index (χ0n) is 13.3. The minimum Gasteiger partial charge on any atom is -0.355 e. The molecule has 0 aliphatic carbocycles. The van der Waals surface area contributed by atoms with Gasteiger partial charge in [0.15, 0.2) is 0 Å². The first-order valence-corrected chi connectivity index (χ1v) is 10.1. The van der Waals surface area contributed by atoms with Crippen LogP contribution in [0.1, 0.15) is 20.3 Å². The third-order valence-electron chi connectivity index (χ3n) is 2.99. The molecular weight excluding hydrogens is 320 g/mol. The summed E-state index contributed by atoms with van der Waals surface area (Å²) in [6.45, 7) is 4.59. The molecule has 0 bridgehead atoms. The molecule has 5 nitrogen and oxygen atoms in total. The van der Waals surface area contributed by atoms with E-state index in [1.807, 2.05) is 44.2 Å². The third-order valence-corrected chi connectivity index (χ3v) is 5.46. The molecule has 1 amide bonds. The molecule has 0 atom stereocenters. The van der Waals surface area contributed by atoms with Crippen LogP contribution in [0.15, 0.2) is 35.2 Å². The second kappa shape index (κ2) is 9.17. The highest BCUT2D eigenvalue weighted by molar-refractivity contribution is 8.00. The first-order chi connectivity index (χ1) is 10.3. The molecule has 1 rings (SSSR count). The number of sulfonamides is 1. The third kappa shape index (κ3) is 7.29. The fourth-order valence-corrected chi connectivity index (χ4v) is 3.96. The lowest BCUT2D eigenvalue weighted by Gasteiger charge is -2.23. The molecule has 0 saturated carbocycles. The van der Waals surface area contributed by atoms with Gasteiger partial charge in [-0.25, -0.2) is 8.42 Å². The highest BCUT2D eigenvalue weighted by Crippen LogP contribution is 2.16. The maximum Gasteiger partial charge on any atom is 0.230 e. The standard InChI is InChI=1S/C15H24N2O3S2/c1-13(2)17(22(3,19)20)11-7-10-16-15(18)12-21-14-8-5-4-6-9-14/h4-6,8-9,13H,7,10-12H2,1-3H3,(H,16,18). The van der Waals surface area contributed by atoms with Crippen LogP contribution < -0.4 is 5.32 Å². The smallest absolute Gasteiger partial charge is 0.230 e. The van der Waals surface area contributed by atoms with E-state index in [9.17, 15) is 13.2 Å². The van der Waals surface area contributed by atoms with Crippen molar-refractivity contribution < 1.29 is 13.2 Å². The predicted octanol–water partition coefficient (Wildman–Crippen LogP) is 1.95. The van der Waals surface area contributed by atoms with Gasteiger partial charge in [0.1, 0.15) is 0 Å². The van der Waals surface area contributed by atoms with Crippen LogP contribution in [0.5, 0.6) is 0 Å². The number of nitrogens with one attached hydrogen (secondary N) is 1. The maximum atomic E-state index is 11.7. The molecule has 0 spiro atoms. The topological polar surface area (TPSA) is 66.5 Å². The van der Waals surface area contributed by atoms with Crippen LogP contribution in [0, 0.1) is 0 Å². The number of hydrogen-bond acceptors (Lipinski definition) is 4. The molecule has 1 aromatic carbocycles. The van der Waals surface area contributed by atoms with Crippen LogP contribution in [-0.2, 0) is 14.8 Å². The van der Waals surface area contributed by atoms with Crippen molar-refractivity contribution >= 4 is 27.7 Å². The SMILES string of the molecule is CC(C)N(CCCNC(=O)CSc1ccccc1)S(C)(=O)=O. The molecule has 0 radical (unpaired) electrons. The Morgan fingerprint density at radius 2 is 1.91 bits per heavy atom. The molecule has 0 unspecified atom stereocenters. The van der Waals surface area contributed by atoms with E-state index in [-0.39, 0.29) is 11.9 Å². The molecule has 0 aliphatic heterocycles. The molecule has 0 fully saturated rings. The van der Waals surface area contributed by atoms with Crippen molar-refractivity contribution in [3.63, 3.8) is 0 Å². The lowest BCUT2D eigenvalue weighted by atomic mass is 10.3. The number of amides is 1. The number of rotatable bonds is 9. The van der Waals surface area contributed by atoms with E-state index in [2.05, 4.69) is 5.32 Å². The van der Waals surface area contributed by atoms with Gasteiger partial charge in [0, 0.05) is 24.0 Å². The quantitative estimate of drug-likeness (QED) is 0.549. The molecule has 0 aliphatic rings.